The molecule has 11 heavy (non-hydrogen) atoms. The number of aliphatic hydroxyl groups excluding tert-OH is 1. The second kappa shape index (κ2) is 3.25. The molecular weight excluding hydrogens is 140 g/mol. The lowest BCUT2D eigenvalue weighted by Crippen LogP contribution is -2.00. The number of hydrogen-bond donors (Lipinski definition) is 3. The molecule has 0 saturated heterocycles. The van der Waals surface area contributed by atoms with Gasteiger partial charge in [-0.15, -0.1) is 0 Å². The zero-order valence-electron chi connectivity index (χ0n) is 6.46. The van der Waals surface area contributed by atoms with Gasteiger partial charge in [-0.25, -0.2) is 0 Å². The molecular formula is C8H12N2O. The van der Waals surface area contributed by atoms with Gasteiger partial charge >= 0.3 is 0 Å². The Morgan fingerprint density at radius 3 is 2.82 bits per heavy atom. The Kier molecular flexibility index (Phi) is 2.33. The fourth-order valence-corrected chi connectivity index (χ4v) is 0.842. The van der Waals surface area contributed by atoms with Crippen molar-refractivity contribution in [3.63, 3.8) is 0 Å². The van der Waals surface area contributed by atoms with Gasteiger partial charge in [0.25, 0.3) is 0 Å². The van der Waals surface area contributed by atoms with Crippen molar-refractivity contribution in [1.29, 1.82) is 0 Å². The molecule has 4 N–H and O–H groups in total. The standard InChI is InChI=1S/C8H12N2O/c1-6-2-3-7(10-5-11)4-8(6)9/h2-4,10-11H,5,9H2,1H3. The molecule has 0 aliphatic carbocycles. The second-order valence-corrected chi connectivity index (χ2v) is 2.41. The summed E-state index contributed by atoms with van der Waals surface area (Å²) in [4.78, 5) is 0. The Labute approximate surface area is 65.8 Å². The maximum Gasteiger partial charge on any atom is 0.113 e. The summed E-state index contributed by atoms with van der Waals surface area (Å²) >= 11 is 0. The maximum absolute atomic E-state index is 8.53. The van der Waals surface area contributed by atoms with E-state index in [9.17, 15) is 0 Å². The van der Waals surface area contributed by atoms with Crippen molar-refractivity contribution >= 4 is 11.4 Å². The van der Waals surface area contributed by atoms with E-state index >= 15 is 0 Å². The molecule has 3 nitrogen and oxygen atoms in total. The Balaban J connectivity index is 2.86. The van der Waals surface area contributed by atoms with Gasteiger partial charge in [0.2, 0.25) is 0 Å². The molecule has 0 radical (unpaired) electrons. The number of benzene rings is 1. The van der Waals surface area contributed by atoms with Gasteiger partial charge in [0.05, 0.1) is 0 Å². The van der Waals surface area contributed by atoms with Crippen LogP contribution in [0.4, 0.5) is 11.4 Å². The molecule has 60 valence electrons. The molecule has 0 aromatic heterocycles. The second-order valence-electron chi connectivity index (χ2n) is 2.41. The van der Waals surface area contributed by atoms with E-state index in [2.05, 4.69) is 5.32 Å². The highest BCUT2D eigenvalue weighted by molar-refractivity contribution is 5.58. The van der Waals surface area contributed by atoms with Crippen molar-refractivity contribution in [2.24, 2.45) is 0 Å². The molecule has 0 atom stereocenters. The fraction of sp³-hybridized carbons (Fsp3) is 0.250. The number of aryl methyl sites for hydroxylation is 1. The van der Waals surface area contributed by atoms with Gasteiger partial charge in [-0.2, -0.15) is 0 Å². The highest BCUT2D eigenvalue weighted by Crippen LogP contribution is 2.16. The first-order valence-corrected chi connectivity index (χ1v) is 3.45. The van der Waals surface area contributed by atoms with Crippen molar-refractivity contribution in [3.05, 3.63) is 23.8 Å². The van der Waals surface area contributed by atoms with Crippen LogP contribution in [0.3, 0.4) is 0 Å². The third-order valence-corrected chi connectivity index (χ3v) is 1.56. The van der Waals surface area contributed by atoms with Gasteiger partial charge in [0, 0.05) is 11.4 Å². The maximum atomic E-state index is 8.53. The number of nitrogens with two attached hydrogens (primary N) is 1. The number of aliphatic hydroxyl groups is 1. The molecule has 0 saturated carbocycles. The van der Waals surface area contributed by atoms with Crippen LogP contribution >= 0.6 is 0 Å². The zero-order valence-corrected chi connectivity index (χ0v) is 6.46. The van der Waals surface area contributed by atoms with Crippen LogP contribution in [0.15, 0.2) is 18.2 Å². The highest BCUT2D eigenvalue weighted by Gasteiger charge is 1.93. The van der Waals surface area contributed by atoms with Crippen molar-refractivity contribution < 1.29 is 5.11 Å². The van der Waals surface area contributed by atoms with Gasteiger partial charge in [0.15, 0.2) is 0 Å². The van der Waals surface area contributed by atoms with E-state index in [1.807, 2.05) is 19.1 Å². The summed E-state index contributed by atoms with van der Waals surface area (Å²) in [6.45, 7) is 1.88. The van der Waals surface area contributed by atoms with Crippen LogP contribution in [0.2, 0.25) is 0 Å². The number of nitrogens with one attached hydrogen (secondary N) is 1. The van der Waals surface area contributed by atoms with Gasteiger partial charge in [-0.3, -0.25) is 0 Å². The van der Waals surface area contributed by atoms with Crippen LogP contribution in [0.1, 0.15) is 5.56 Å². The molecule has 1 aromatic rings. The molecule has 3 heteroatoms. The third-order valence-electron chi connectivity index (χ3n) is 1.56. The Hall–Kier alpha value is -1.22. The van der Waals surface area contributed by atoms with Crippen LogP contribution in [-0.4, -0.2) is 11.8 Å². The Morgan fingerprint density at radius 2 is 2.27 bits per heavy atom. The number of hydrogen-bond acceptors (Lipinski definition) is 3. The van der Waals surface area contributed by atoms with E-state index in [1.165, 1.54) is 0 Å². The van der Waals surface area contributed by atoms with Crippen LogP contribution in [0, 0.1) is 6.92 Å². The van der Waals surface area contributed by atoms with Gasteiger partial charge < -0.3 is 16.2 Å². The SMILES string of the molecule is Cc1ccc(NCO)cc1N. The van der Waals surface area contributed by atoms with Crippen molar-refractivity contribution in [3.8, 4) is 0 Å². The van der Waals surface area contributed by atoms with E-state index in [0.717, 1.165) is 16.9 Å². The molecule has 0 unspecified atom stereocenters. The average molecular weight is 152 g/mol. The lowest BCUT2D eigenvalue weighted by molar-refractivity contribution is 0.325. The quantitative estimate of drug-likeness (QED) is 0.436. The molecule has 0 fully saturated rings. The van der Waals surface area contributed by atoms with Crippen molar-refractivity contribution in [2.45, 2.75) is 6.92 Å². The Morgan fingerprint density at radius 1 is 1.55 bits per heavy atom. The predicted octanol–water partition coefficient (Wildman–Crippen LogP) is 0.939. The Bertz CT molecular complexity index is 248. The topological polar surface area (TPSA) is 58.3 Å². The molecule has 0 bridgehead atoms. The van der Waals surface area contributed by atoms with E-state index in [1.54, 1.807) is 6.07 Å². The first-order valence-electron chi connectivity index (χ1n) is 3.45. The largest absolute Gasteiger partial charge is 0.398 e. The van der Waals surface area contributed by atoms with Crippen molar-refractivity contribution in [2.75, 3.05) is 17.8 Å². The third kappa shape index (κ3) is 1.85. The van der Waals surface area contributed by atoms with Crippen LogP contribution in [0.5, 0.6) is 0 Å². The zero-order chi connectivity index (χ0) is 8.27. The van der Waals surface area contributed by atoms with E-state index in [4.69, 9.17) is 10.8 Å². The van der Waals surface area contributed by atoms with E-state index < -0.39 is 0 Å². The predicted molar refractivity (Wildman–Crippen MR) is 46.3 cm³/mol. The lowest BCUT2D eigenvalue weighted by atomic mass is 10.2. The number of nitrogen functional groups attached to an aromatic ring is 1. The molecule has 0 aliphatic heterocycles. The van der Waals surface area contributed by atoms with Gasteiger partial charge in [-0.05, 0) is 24.6 Å². The summed E-state index contributed by atoms with van der Waals surface area (Å²) in [5.74, 6) is 0. The molecule has 0 spiro atoms. The fourth-order valence-electron chi connectivity index (χ4n) is 0.842. The minimum atomic E-state index is -0.0670. The van der Waals surface area contributed by atoms with Gasteiger partial charge in [0.1, 0.15) is 6.73 Å². The summed E-state index contributed by atoms with van der Waals surface area (Å²) < 4.78 is 0. The smallest absolute Gasteiger partial charge is 0.113 e. The lowest BCUT2D eigenvalue weighted by Gasteiger charge is -2.04. The first-order chi connectivity index (χ1) is 5.24. The first kappa shape index (κ1) is 7.88. The normalized spacial score (nSPS) is 9.64. The average Bonchev–Trinajstić information content (AvgIpc) is 1.98. The molecule has 1 aromatic carbocycles. The summed E-state index contributed by atoms with van der Waals surface area (Å²) in [6.07, 6.45) is 0. The van der Waals surface area contributed by atoms with Gasteiger partial charge in [-0.1, -0.05) is 6.07 Å². The highest BCUT2D eigenvalue weighted by atomic mass is 16.3. The molecule has 0 heterocycles. The molecule has 1 rings (SSSR count). The number of rotatable bonds is 2. The van der Waals surface area contributed by atoms with E-state index in [-0.39, 0.29) is 6.73 Å². The van der Waals surface area contributed by atoms with Crippen molar-refractivity contribution in [1.82, 2.24) is 0 Å². The summed E-state index contributed by atoms with van der Waals surface area (Å²) in [5.41, 5.74) is 8.26. The summed E-state index contributed by atoms with van der Waals surface area (Å²) in [6, 6.07) is 5.58. The monoisotopic (exact) mass is 152 g/mol. The summed E-state index contributed by atoms with van der Waals surface area (Å²) in [5, 5.41) is 11.3. The van der Waals surface area contributed by atoms with Crippen LogP contribution < -0.4 is 11.1 Å². The molecule has 0 aliphatic rings. The van der Waals surface area contributed by atoms with Crippen LogP contribution in [0.25, 0.3) is 0 Å². The van der Waals surface area contributed by atoms with E-state index in [0.29, 0.717) is 0 Å². The minimum Gasteiger partial charge on any atom is -0.398 e. The van der Waals surface area contributed by atoms with Crippen LogP contribution in [-0.2, 0) is 0 Å². The number of anilines is 2. The summed E-state index contributed by atoms with van der Waals surface area (Å²) in [7, 11) is 0. The minimum absolute atomic E-state index is 0.0670. The molecule has 0 amide bonds.